The summed E-state index contributed by atoms with van der Waals surface area (Å²) < 4.78 is 12.1. The number of aromatic carboxylic acids is 1. The van der Waals surface area contributed by atoms with Gasteiger partial charge in [-0.3, -0.25) is 0 Å². The van der Waals surface area contributed by atoms with E-state index in [9.17, 15) is 30.0 Å². The Bertz CT molecular complexity index is 1390. The van der Waals surface area contributed by atoms with Gasteiger partial charge >= 0.3 is 11.9 Å². The van der Waals surface area contributed by atoms with E-state index in [-0.39, 0.29) is 28.5 Å². The molecule has 2 heterocycles. The number of rotatable bonds is 5. The van der Waals surface area contributed by atoms with Crippen LogP contribution in [0.25, 0.3) is 11.8 Å². The van der Waals surface area contributed by atoms with Crippen LogP contribution in [0.4, 0.5) is 0 Å². The maximum absolute atomic E-state index is 12.4. The predicted molar refractivity (Wildman–Crippen MR) is 121 cm³/mol. The molecule has 34 heavy (non-hydrogen) atoms. The fourth-order valence-corrected chi connectivity index (χ4v) is 3.74. The minimum Gasteiger partial charge on any atom is -0.504 e. The van der Waals surface area contributed by atoms with E-state index in [0.717, 1.165) is 23.5 Å². The molecular formula is C24H20N2O8. The van der Waals surface area contributed by atoms with Crippen molar-refractivity contribution in [1.82, 2.24) is 4.57 Å². The van der Waals surface area contributed by atoms with E-state index >= 15 is 0 Å². The molecule has 3 aromatic rings. The smallest absolute Gasteiger partial charge is 0.363 e. The molecule has 0 radical (unpaired) electrons. The lowest BCUT2D eigenvalue weighted by atomic mass is 10.1. The van der Waals surface area contributed by atoms with Crippen molar-refractivity contribution in [3.05, 3.63) is 70.2 Å². The average molecular weight is 464 g/mol. The number of aryl methyl sites for hydroxylation is 1. The highest BCUT2D eigenvalue weighted by Gasteiger charge is 2.26. The summed E-state index contributed by atoms with van der Waals surface area (Å²) in [5.41, 5.74) is 2.88. The number of aliphatic imine (C=N–C) groups is 1. The zero-order valence-electron chi connectivity index (χ0n) is 18.4. The van der Waals surface area contributed by atoms with Gasteiger partial charge in [-0.1, -0.05) is 0 Å². The number of cyclic esters (lactones) is 1. The van der Waals surface area contributed by atoms with Gasteiger partial charge in [0.05, 0.1) is 7.11 Å². The van der Waals surface area contributed by atoms with Gasteiger partial charge in [-0.05, 0) is 61.9 Å². The van der Waals surface area contributed by atoms with Gasteiger partial charge in [-0.15, -0.1) is 0 Å². The number of carboxylic acid groups (broad SMARTS) is 1. The van der Waals surface area contributed by atoms with Crippen molar-refractivity contribution in [1.29, 1.82) is 0 Å². The Balaban J connectivity index is 1.74. The summed E-state index contributed by atoms with van der Waals surface area (Å²) in [5, 5.41) is 38.4. The first-order valence-corrected chi connectivity index (χ1v) is 9.99. The second-order valence-electron chi connectivity index (χ2n) is 7.55. The topological polar surface area (TPSA) is 151 Å². The van der Waals surface area contributed by atoms with E-state index in [1.165, 1.54) is 19.3 Å². The number of phenolic OH excluding ortho intramolecular Hbond substituents is 3. The number of nitrogens with zero attached hydrogens (tertiary/aromatic N) is 2. The molecule has 10 nitrogen and oxygen atoms in total. The van der Waals surface area contributed by atoms with E-state index in [4.69, 9.17) is 9.47 Å². The number of carboxylic acids is 1. The zero-order chi connectivity index (χ0) is 24.7. The van der Waals surface area contributed by atoms with Gasteiger partial charge in [0.15, 0.2) is 22.9 Å². The molecule has 0 spiro atoms. The van der Waals surface area contributed by atoms with Crippen molar-refractivity contribution in [3.63, 3.8) is 0 Å². The van der Waals surface area contributed by atoms with Gasteiger partial charge in [0, 0.05) is 22.6 Å². The lowest BCUT2D eigenvalue weighted by molar-refractivity contribution is -0.129. The molecule has 0 saturated carbocycles. The van der Waals surface area contributed by atoms with E-state index in [0.29, 0.717) is 11.3 Å². The number of benzene rings is 2. The van der Waals surface area contributed by atoms with E-state index in [2.05, 4.69) is 4.99 Å². The van der Waals surface area contributed by atoms with Gasteiger partial charge in [0.25, 0.3) is 0 Å². The normalized spacial score (nSPS) is 14.3. The minimum absolute atomic E-state index is 0.0109. The van der Waals surface area contributed by atoms with Crippen LogP contribution in [0.5, 0.6) is 23.0 Å². The average Bonchev–Trinajstić information content (AvgIpc) is 3.29. The molecule has 0 amide bonds. The van der Waals surface area contributed by atoms with Crippen LogP contribution in [0.3, 0.4) is 0 Å². The van der Waals surface area contributed by atoms with Crippen molar-refractivity contribution in [2.24, 2.45) is 4.99 Å². The highest BCUT2D eigenvalue weighted by atomic mass is 16.6. The van der Waals surface area contributed by atoms with Gasteiger partial charge in [0.2, 0.25) is 5.90 Å². The Morgan fingerprint density at radius 1 is 1.09 bits per heavy atom. The highest BCUT2D eigenvalue weighted by molar-refractivity contribution is 6.13. The lowest BCUT2D eigenvalue weighted by Gasteiger charge is -2.12. The summed E-state index contributed by atoms with van der Waals surface area (Å²) in [6, 6.07) is 8.84. The largest absolute Gasteiger partial charge is 0.504 e. The monoisotopic (exact) mass is 464 g/mol. The van der Waals surface area contributed by atoms with Crippen LogP contribution >= 0.6 is 0 Å². The first kappa shape index (κ1) is 22.5. The molecule has 4 rings (SSSR count). The number of carbonyl (C=O) groups is 2. The summed E-state index contributed by atoms with van der Waals surface area (Å²) in [6.07, 6.45) is 1.52. The quantitative estimate of drug-likeness (QED) is 0.255. The van der Waals surface area contributed by atoms with Crippen molar-refractivity contribution >= 4 is 23.9 Å². The van der Waals surface area contributed by atoms with Crippen LogP contribution in [0.1, 0.15) is 32.9 Å². The molecule has 0 fully saturated rings. The summed E-state index contributed by atoms with van der Waals surface area (Å²) in [4.78, 5) is 28.2. The number of carbonyl (C=O) groups excluding carboxylic acids is 1. The Labute approximate surface area is 193 Å². The third kappa shape index (κ3) is 3.81. The number of aromatic hydroxyl groups is 3. The number of hydrogen-bond donors (Lipinski definition) is 4. The Hall–Kier alpha value is -4.73. The van der Waals surface area contributed by atoms with Gasteiger partial charge in [-0.2, -0.15) is 0 Å². The Kier molecular flexibility index (Phi) is 5.50. The van der Waals surface area contributed by atoms with Crippen LogP contribution in [0.2, 0.25) is 0 Å². The summed E-state index contributed by atoms with van der Waals surface area (Å²) >= 11 is 0. The number of aromatic nitrogens is 1. The molecule has 1 aliphatic heterocycles. The maximum Gasteiger partial charge on any atom is 0.363 e. The summed E-state index contributed by atoms with van der Waals surface area (Å²) in [6.45, 7) is 3.65. The first-order valence-electron chi connectivity index (χ1n) is 9.99. The highest BCUT2D eigenvalue weighted by Crippen LogP contribution is 2.36. The summed E-state index contributed by atoms with van der Waals surface area (Å²) in [5.74, 6) is -3.62. The third-order valence-electron chi connectivity index (χ3n) is 5.37. The molecular weight excluding hydrogens is 444 g/mol. The molecule has 4 N–H and O–H groups in total. The fraction of sp³-hybridized carbons (Fsp3) is 0.125. The maximum atomic E-state index is 12.4. The fourth-order valence-electron chi connectivity index (χ4n) is 3.74. The van der Waals surface area contributed by atoms with E-state index in [1.54, 1.807) is 12.1 Å². The Morgan fingerprint density at radius 2 is 1.76 bits per heavy atom. The van der Waals surface area contributed by atoms with E-state index < -0.39 is 29.2 Å². The molecule has 0 bridgehead atoms. The van der Waals surface area contributed by atoms with Crippen molar-refractivity contribution < 1.29 is 39.5 Å². The molecule has 1 aromatic heterocycles. The molecule has 0 saturated heterocycles. The number of phenols is 3. The number of esters is 1. The van der Waals surface area contributed by atoms with Gasteiger partial charge < -0.3 is 34.5 Å². The SMILES string of the molecule is COc1ccc(-n2c(C)cc(/C=C3\N=C(c4cc(O)c(O)c(O)c4)OC3=O)c2C)cc1C(=O)O. The van der Waals surface area contributed by atoms with Crippen LogP contribution in [0.15, 0.2) is 47.1 Å². The molecule has 1 aliphatic rings. The second kappa shape index (κ2) is 8.32. The standard InChI is InChI=1S/C24H20N2O8/c1-11-6-13(12(2)26(11)15-4-5-20(33-3)16(10-15)23(30)31)7-17-24(32)34-22(25-17)14-8-18(27)21(29)19(28)9-14/h4-10,27-29H,1-3H3,(H,30,31)/b17-7-. The van der Waals surface area contributed by atoms with Crippen LogP contribution < -0.4 is 4.74 Å². The number of ether oxygens (including phenoxy) is 2. The van der Waals surface area contributed by atoms with Crippen LogP contribution in [0, 0.1) is 13.8 Å². The molecule has 0 aliphatic carbocycles. The van der Waals surface area contributed by atoms with Crippen LogP contribution in [-0.4, -0.2) is 49.9 Å². The zero-order valence-corrected chi connectivity index (χ0v) is 18.4. The van der Waals surface area contributed by atoms with Gasteiger partial charge in [-0.25, -0.2) is 14.6 Å². The molecule has 174 valence electrons. The molecule has 0 atom stereocenters. The van der Waals surface area contributed by atoms with Crippen molar-refractivity contribution in [2.45, 2.75) is 13.8 Å². The molecule has 2 aromatic carbocycles. The third-order valence-corrected chi connectivity index (χ3v) is 5.37. The van der Waals surface area contributed by atoms with E-state index in [1.807, 2.05) is 24.5 Å². The molecule has 10 heteroatoms. The lowest BCUT2D eigenvalue weighted by Crippen LogP contribution is -2.05. The predicted octanol–water partition coefficient (Wildman–Crippen LogP) is 3.26. The number of methoxy groups -OCH3 is 1. The van der Waals surface area contributed by atoms with Gasteiger partial charge in [0.1, 0.15) is 11.3 Å². The molecule has 0 unspecified atom stereocenters. The van der Waals surface area contributed by atoms with Crippen molar-refractivity contribution in [2.75, 3.05) is 7.11 Å². The van der Waals surface area contributed by atoms with Crippen molar-refractivity contribution in [3.8, 4) is 28.7 Å². The summed E-state index contributed by atoms with van der Waals surface area (Å²) in [7, 11) is 1.40. The number of hydrogen-bond acceptors (Lipinski definition) is 8. The second-order valence-corrected chi connectivity index (χ2v) is 7.55. The minimum atomic E-state index is -1.12. The first-order chi connectivity index (χ1) is 16.1. The Morgan fingerprint density at radius 3 is 2.38 bits per heavy atom. The van der Waals surface area contributed by atoms with Crippen LogP contribution in [-0.2, 0) is 9.53 Å².